The molecular weight excluding hydrogens is 300 g/mol. The first-order chi connectivity index (χ1) is 11.1. The highest BCUT2D eigenvalue weighted by Crippen LogP contribution is 2.32. The number of para-hydroxylation sites is 1. The predicted molar refractivity (Wildman–Crippen MR) is 98.3 cm³/mol. The predicted octanol–water partition coefficient (Wildman–Crippen LogP) is 2.91. The second kappa shape index (κ2) is 6.69. The van der Waals surface area contributed by atoms with Crippen molar-refractivity contribution in [1.29, 1.82) is 0 Å². The van der Waals surface area contributed by atoms with Crippen LogP contribution in [0.15, 0.2) is 29.8 Å². The number of nitrogens with one attached hydrogen (secondary N) is 1. The maximum absolute atomic E-state index is 13.0. The number of hydrogen-bond donors (Lipinski definition) is 2. The molecule has 4 nitrogen and oxygen atoms in total. The van der Waals surface area contributed by atoms with Gasteiger partial charge in [-0.1, -0.05) is 24.3 Å². The van der Waals surface area contributed by atoms with Gasteiger partial charge in [-0.2, -0.15) is 0 Å². The zero-order chi connectivity index (χ0) is 18.1. The van der Waals surface area contributed by atoms with Gasteiger partial charge >= 0.3 is 0 Å². The third-order valence-corrected chi connectivity index (χ3v) is 4.57. The summed E-state index contributed by atoms with van der Waals surface area (Å²) in [5.74, 6) is 0.582. The maximum Gasteiger partial charge on any atom is 0.168 e. The van der Waals surface area contributed by atoms with Crippen LogP contribution in [0.3, 0.4) is 0 Å². The van der Waals surface area contributed by atoms with E-state index in [2.05, 4.69) is 19.2 Å². The van der Waals surface area contributed by atoms with Crippen molar-refractivity contribution in [2.24, 2.45) is 11.7 Å². The smallest absolute Gasteiger partial charge is 0.168 e. The Balaban J connectivity index is 2.16. The summed E-state index contributed by atoms with van der Waals surface area (Å²) in [6.45, 7) is 12.8. The molecule has 0 saturated carbocycles. The van der Waals surface area contributed by atoms with E-state index in [0.717, 1.165) is 22.4 Å². The lowest BCUT2D eigenvalue weighted by Gasteiger charge is -2.28. The summed E-state index contributed by atoms with van der Waals surface area (Å²) >= 11 is 0. The van der Waals surface area contributed by atoms with Gasteiger partial charge < -0.3 is 10.5 Å². The largest absolute Gasteiger partial charge is 0.492 e. The van der Waals surface area contributed by atoms with Crippen molar-refractivity contribution < 1.29 is 9.53 Å². The van der Waals surface area contributed by atoms with Crippen LogP contribution >= 0.6 is 0 Å². The molecule has 1 unspecified atom stereocenters. The van der Waals surface area contributed by atoms with Gasteiger partial charge in [0.25, 0.3) is 0 Å². The van der Waals surface area contributed by atoms with E-state index in [9.17, 15) is 4.79 Å². The Labute approximate surface area is 145 Å². The van der Waals surface area contributed by atoms with Crippen molar-refractivity contribution in [3.8, 4) is 5.75 Å². The standard InChI is InChI=1S/C20H30N2O2/c1-13-8-7-9-14(2)18(13)24-12-15(11-21)17(23)16-10-19(3,4)22-20(16,5)6/h7-10,15,22H,11-12,21H2,1-6H3. The van der Waals surface area contributed by atoms with Crippen LogP contribution in [0.2, 0.25) is 0 Å². The SMILES string of the molecule is Cc1cccc(C)c1OCC(CN)C(=O)C1=CC(C)(C)NC1(C)C. The van der Waals surface area contributed by atoms with Crippen molar-refractivity contribution in [3.63, 3.8) is 0 Å². The quantitative estimate of drug-likeness (QED) is 0.842. The molecule has 0 bridgehead atoms. The number of ketones is 1. The van der Waals surface area contributed by atoms with Crippen LogP contribution in [0.1, 0.15) is 38.8 Å². The van der Waals surface area contributed by atoms with E-state index < -0.39 is 0 Å². The van der Waals surface area contributed by atoms with E-state index >= 15 is 0 Å². The van der Waals surface area contributed by atoms with Gasteiger partial charge in [-0.05, 0) is 52.7 Å². The summed E-state index contributed by atoms with van der Waals surface area (Å²) in [6, 6.07) is 6.02. The van der Waals surface area contributed by atoms with E-state index in [0.29, 0.717) is 6.61 Å². The van der Waals surface area contributed by atoms with Crippen molar-refractivity contribution in [2.45, 2.75) is 52.6 Å². The molecule has 0 saturated heterocycles. The molecule has 24 heavy (non-hydrogen) atoms. The molecule has 1 aliphatic rings. The van der Waals surface area contributed by atoms with Gasteiger partial charge in [0, 0.05) is 23.2 Å². The lowest BCUT2D eigenvalue weighted by atomic mass is 9.87. The highest BCUT2D eigenvalue weighted by Gasteiger charge is 2.41. The average Bonchev–Trinajstić information content (AvgIpc) is 2.69. The molecule has 1 atom stereocenters. The minimum absolute atomic E-state index is 0.0758. The zero-order valence-electron chi connectivity index (χ0n) is 15.7. The number of ether oxygens (including phenoxy) is 1. The summed E-state index contributed by atoms with van der Waals surface area (Å²) in [7, 11) is 0. The molecule has 2 rings (SSSR count). The fourth-order valence-electron chi connectivity index (χ4n) is 3.51. The van der Waals surface area contributed by atoms with E-state index in [1.807, 2.05) is 52.0 Å². The molecule has 132 valence electrons. The number of hydrogen-bond acceptors (Lipinski definition) is 4. The third kappa shape index (κ3) is 3.87. The van der Waals surface area contributed by atoms with Gasteiger partial charge in [0.2, 0.25) is 0 Å². The Bertz CT molecular complexity index is 639. The summed E-state index contributed by atoms with van der Waals surface area (Å²) < 4.78 is 5.97. The lowest BCUT2D eigenvalue weighted by molar-refractivity contribution is -0.120. The molecule has 1 heterocycles. The van der Waals surface area contributed by atoms with Crippen LogP contribution in [0.4, 0.5) is 0 Å². The van der Waals surface area contributed by atoms with Gasteiger partial charge in [-0.25, -0.2) is 0 Å². The van der Waals surface area contributed by atoms with Crippen LogP contribution in [-0.2, 0) is 4.79 Å². The van der Waals surface area contributed by atoms with Crippen LogP contribution in [0.25, 0.3) is 0 Å². The normalized spacial score (nSPS) is 19.7. The second-order valence-electron chi connectivity index (χ2n) is 7.86. The summed E-state index contributed by atoms with van der Waals surface area (Å²) in [6.07, 6.45) is 2.02. The van der Waals surface area contributed by atoms with Crippen LogP contribution in [0, 0.1) is 19.8 Å². The molecule has 0 spiro atoms. The minimum atomic E-state index is -0.355. The molecule has 3 N–H and O–H groups in total. The fraction of sp³-hybridized carbons (Fsp3) is 0.550. The molecule has 1 aliphatic heterocycles. The Kier molecular flexibility index (Phi) is 5.21. The number of nitrogens with two attached hydrogens (primary N) is 1. The number of carbonyl (C=O) groups is 1. The number of benzene rings is 1. The van der Waals surface area contributed by atoms with Crippen LogP contribution in [-0.4, -0.2) is 30.0 Å². The van der Waals surface area contributed by atoms with Crippen LogP contribution < -0.4 is 15.8 Å². The molecule has 1 aromatic carbocycles. The highest BCUT2D eigenvalue weighted by atomic mass is 16.5. The number of rotatable bonds is 6. The van der Waals surface area contributed by atoms with Crippen LogP contribution in [0.5, 0.6) is 5.75 Å². The Morgan fingerprint density at radius 2 is 1.79 bits per heavy atom. The van der Waals surface area contributed by atoms with E-state index in [4.69, 9.17) is 10.5 Å². The molecule has 0 amide bonds. The van der Waals surface area contributed by atoms with Gasteiger partial charge in [0.1, 0.15) is 5.75 Å². The first-order valence-electron chi connectivity index (χ1n) is 8.53. The molecule has 0 aliphatic carbocycles. The molecule has 0 aromatic heterocycles. The van der Waals surface area contributed by atoms with Crippen molar-refractivity contribution in [3.05, 3.63) is 41.0 Å². The third-order valence-electron chi connectivity index (χ3n) is 4.57. The lowest BCUT2D eigenvalue weighted by Crippen LogP contribution is -2.47. The molecule has 1 aromatic rings. The Morgan fingerprint density at radius 3 is 2.25 bits per heavy atom. The monoisotopic (exact) mass is 330 g/mol. The van der Waals surface area contributed by atoms with Gasteiger partial charge in [0.05, 0.1) is 12.5 Å². The van der Waals surface area contributed by atoms with Crippen molar-refractivity contribution >= 4 is 5.78 Å². The summed E-state index contributed by atoms with van der Waals surface area (Å²) in [4.78, 5) is 13.0. The second-order valence-corrected chi connectivity index (χ2v) is 7.86. The Hall–Kier alpha value is -1.65. The van der Waals surface area contributed by atoms with Gasteiger partial charge in [-0.3, -0.25) is 10.1 Å². The first-order valence-corrected chi connectivity index (χ1v) is 8.53. The zero-order valence-corrected chi connectivity index (χ0v) is 15.7. The van der Waals surface area contributed by atoms with Gasteiger partial charge in [0.15, 0.2) is 5.78 Å². The summed E-state index contributed by atoms with van der Waals surface area (Å²) in [5, 5.41) is 3.48. The minimum Gasteiger partial charge on any atom is -0.492 e. The number of Topliss-reactive ketones (excluding diaryl/α,β-unsaturated/α-hetero) is 1. The fourth-order valence-corrected chi connectivity index (χ4v) is 3.51. The first kappa shape index (κ1) is 18.7. The molecule has 0 fully saturated rings. The highest BCUT2D eigenvalue weighted by molar-refractivity contribution is 6.00. The number of carbonyl (C=O) groups excluding carboxylic acids is 1. The van der Waals surface area contributed by atoms with Crippen molar-refractivity contribution in [1.82, 2.24) is 5.32 Å². The molecule has 4 heteroatoms. The maximum atomic E-state index is 13.0. The summed E-state index contributed by atoms with van der Waals surface area (Å²) in [5.41, 5.74) is 8.28. The topological polar surface area (TPSA) is 64.3 Å². The van der Waals surface area contributed by atoms with E-state index in [1.54, 1.807) is 0 Å². The number of aryl methyl sites for hydroxylation is 2. The average molecular weight is 330 g/mol. The van der Waals surface area contributed by atoms with Gasteiger partial charge in [-0.15, -0.1) is 0 Å². The Morgan fingerprint density at radius 1 is 1.21 bits per heavy atom. The molecule has 0 radical (unpaired) electrons. The molecular formula is C20H30N2O2. The van der Waals surface area contributed by atoms with E-state index in [-0.39, 0.29) is 29.3 Å². The van der Waals surface area contributed by atoms with E-state index in [1.165, 1.54) is 0 Å². The van der Waals surface area contributed by atoms with Crippen molar-refractivity contribution in [2.75, 3.05) is 13.2 Å².